The molecule has 0 aliphatic heterocycles. The van der Waals surface area contributed by atoms with E-state index in [0.29, 0.717) is 5.92 Å². The quantitative estimate of drug-likeness (QED) is 0.818. The summed E-state index contributed by atoms with van der Waals surface area (Å²) in [5, 5.41) is 8.37. The van der Waals surface area contributed by atoms with Crippen LogP contribution in [0.1, 0.15) is 48.6 Å². The lowest BCUT2D eigenvalue weighted by Crippen LogP contribution is -2.03. The van der Waals surface area contributed by atoms with Crippen molar-refractivity contribution in [3.05, 3.63) is 46.8 Å². The van der Waals surface area contributed by atoms with Crippen LogP contribution in [0.5, 0.6) is 0 Å². The Balaban J connectivity index is 2.17. The van der Waals surface area contributed by atoms with Crippen LogP contribution in [0.2, 0.25) is 0 Å². The molecule has 102 valence electrons. The van der Waals surface area contributed by atoms with Gasteiger partial charge in [-0.05, 0) is 56.2 Å². The van der Waals surface area contributed by atoms with Crippen LogP contribution in [0.15, 0.2) is 24.4 Å². The molecule has 1 aromatic carbocycles. The molecule has 2 aromatic rings. The van der Waals surface area contributed by atoms with Crippen molar-refractivity contribution in [2.75, 3.05) is 0 Å². The van der Waals surface area contributed by atoms with Crippen molar-refractivity contribution >= 4 is 0 Å². The van der Waals surface area contributed by atoms with Crippen LogP contribution in [-0.2, 0) is 13.0 Å². The van der Waals surface area contributed by atoms with Gasteiger partial charge in [0.2, 0.25) is 0 Å². The molecule has 0 amide bonds. The van der Waals surface area contributed by atoms with E-state index in [1.165, 1.54) is 16.7 Å². The molecule has 1 unspecified atom stereocenters. The topological polar surface area (TPSA) is 30.7 Å². The fourth-order valence-electron chi connectivity index (χ4n) is 2.36. The molecule has 0 aliphatic rings. The second-order valence-electron chi connectivity index (χ2n) is 5.22. The van der Waals surface area contributed by atoms with Gasteiger partial charge in [0.25, 0.3) is 0 Å². The predicted octanol–water partition coefficient (Wildman–Crippen LogP) is 3.65. The fourth-order valence-corrected chi connectivity index (χ4v) is 2.36. The molecule has 0 fully saturated rings. The lowest BCUT2D eigenvalue weighted by atomic mass is 9.90. The van der Waals surface area contributed by atoms with Crippen molar-refractivity contribution in [3.8, 4) is 0 Å². The standard InChI is InChI=1S/C16H23N3/c1-5-14(10-16-11-19(6-2)18-17-16)15-8-7-12(3)13(4)9-15/h7-9,11,14H,5-6,10H2,1-4H3. The van der Waals surface area contributed by atoms with Crippen molar-refractivity contribution in [2.45, 2.75) is 53.0 Å². The Kier molecular flexibility index (Phi) is 4.35. The molecule has 1 atom stereocenters. The minimum Gasteiger partial charge on any atom is -0.253 e. The Morgan fingerprint density at radius 1 is 1.16 bits per heavy atom. The third-order valence-corrected chi connectivity index (χ3v) is 3.86. The maximum absolute atomic E-state index is 4.25. The van der Waals surface area contributed by atoms with E-state index in [-0.39, 0.29) is 0 Å². The van der Waals surface area contributed by atoms with Crippen LogP contribution < -0.4 is 0 Å². The van der Waals surface area contributed by atoms with Gasteiger partial charge in [-0.1, -0.05) is 30.3 Å². The van der Waals surface area contributed by atoms with Crippen LogP contribution in [0, 0.1) is 13.8 Å². The van der Waals surface area contributed by atoms with Gasteiger partial charge in [0.1, 0.15) is 0 Å². The zero-order chi connectivity index (χ0) is 13.8. The first-order valence-electron chi connectivity index (χ1n) is 7.10. The van der Waals surface area contributed by atoms with Gasteiger partial charge < -0.3 is 0 Å². The van der Waals surface area contributed by atoms with E-state index in [9.17, 15) is 0 Å². The molecule has 0 N–H and O–H groups in total. The van der Waals surface area contributed by atoms with Gasteiger partial charge >= 0.3 is 0 Å². The summed E-state index contributed by atoms with van der Waals surface area (Å²) < 4.78 is 1.89. The largest absolute Gasteiger partial charge is 0.253 e. The van der Waals surface area contributed by atoms with Crippen LogP contribution in [0.3, 0.4) is 0 Å². The molecule has 1 aromatic heterocycles. The molecule has 0 radical (unpaired) electrons. The molecule has 2 rings (SSSR count). The van der Waals surface area contributed by atoms with Crippen molar-refractivity contribution in [1.29, 1.82) is 0 Å². The molecule has 0 saturated carbocycles. The average molecular weight is 257 g/mol. The first kappa shape index (κ1) is 13.8. The number of nitrogens with zero attached hydrogens (tertiary/aromatic N) is 3. The Morgan fingerprint density at radius 3 is 2.53 bits per heavy atom. The zero-order valence-electron chi connectivity index (χ0n) is 12.3. The van der Waals surface area contributed by atoms with E-state index in [4.69, 9.17) is 0 Å². The third-order valence-electron chi connectivity index (χ3n) is 3.86. The normalized spacial score (nSPS) is 12.6. The second kappa shape index (κ2) is 6.00. The molecule has 3 heteroatoms. The molecule has 19 heavy (non-hydrogen) atoms. The summed E-state index contributed by atoms with van der Waals surface area (Å²) in [6, 6.07) is 6.78. The SMILES string of the molecule is CCC(Cc1cn(CC)nn1)c1ccc(C)c(C)c1. The summed E-state index contributed by atoms with van der Waals surface area (Å²) >= 11 is 0. The summed E-state index contributed by atoms with van der Waals surface area (Å²) in [6.45, 7) is 9.54. The highest BCUT2D eigenvalue weighted by molar-refractivity contribution is 5.32. The minimum absolute atomic E-state index is 0.529. The van der Waals surface area contributed by atoms with E-state index in [2.05, 4.69) is 62.4 Å². The summed E-state index contributed by atoms with van der Waals surface area (Å²) in [4.78, 5) is 0. The van der Waals surface area contributed by atoms with E-state index in [1.54, 1.807) is 0 Å². The van der Waals surface area contributed by atoms with Crippen molar-refractivity contribution in [2.24, 2.45) is 0 Å². The van der Waals surface area contributed by atoms with E-state index >= 15 is 0 Å². The number of rotatable bonds is 5. The fraction of sp³-hybridized carbons (Fsp3) is 0.500. The van der Waals surface area contributed by atoms with Crippen LogP contribution in [0.4, 0.5) is 0 Å². The first-order chi connectivity index (χ1) is 9.13. The summed E-state index contributed by atoms with van der Waals surface area (Å²) in [5.41, 5.74) is 5.23. The molecule has 0 aliphatic carbocycles. The summed E-state index contributed by atoms with van der Waals surface area (Å²) in [6.07, 6.45) is 4.16. The maximum Gasteiger partial charge on any atom is 0.0833 e. The number of aryl methyl sites for hydroxylation is 3. The first-order valence-corrected chi connectivity index (χ1v) is 7.10. The molecule has 1 heterocycles. The van der Waals surface area contributed by atoms with Crippen molar-refractivity contribution in [3.63, 3.8) is 0 Å². The lowest BCUT2D eigenvalue weighted by Gasteiger charge is -2.15. The molecular weight excluding hydrogens is 234 g/mol. The molecule has 0 saturated heterocycles. The Labute approximate surface area is 115 Å². The van der Waals surface area contributed by atoms with E-state index in [1.807, 2.05) is 4.68 Å². The Bertz CT molecular complexity index is 543. The summed E-state index contributed by atoms with van der Waals surface area (Å²) in [5.74, 6) is 0.529. The van der Waals surface area contributed by atoms with Crippen molar-refractivity contribution in [1.82, 2.24) is 15.0 Å². The van der Waals surface area contributed by atoms with Crippen LogP contribution in [-0.4, -0.2) is 15.0 Å². The number of hydrogen-bond donors (Lipinski definition) is 0. The molecular formula is C16H23N3. The van der Waals surface area contributed by atoms with Gasteiger partial charge in [0.15, 0.2) is 0 Å². The van der Waals surface area contributed by atoms with Crippen LogP contribution in [0.25, 0.3) is 0 Å². The number of hydrogen-bond acceptors (Lipinski definition) is 2. The molecule has 0 bridgehead atoms. The Hall–Kier alpha value is -1.64. The maximum atomic E-state index is 4.25. The average Bonchev–Trinajstić information content (AvgIpc) is 2.87. The smallest absolute Gasteiger partial charge is 0.0833 e. The van der Waals surface area contributed by atoms with Gasteiger partial charge in [-0.15, -0.1) is 5.10 Å². The molecule has 3 nitrogen and oxygen atoms in total. The highest BCUT2D eigenvalue weighted by atomic mass is 15.4. The Morgan fingerprint density at radius 2 is 1.95 bits per heavy atom. The lowest BCUT2D eigenvalue weighted by molar-refractivity contribution is 0.624. The van der Waals surface area contributed by atoms with Crippen LogP contribution >= 0.6 is 0 Å². The van der Waals surface area contributed by atoms with Gasteiger partial charge in [0.05, 0.1) is 5.69 Å². The summed E-state index contributed by atoms with van der Waals surface area (Å²) in [7, 11) is 0. The van der Waals surface area contributed by atoms with E-state index < -0.39 is 0 Å². The second-order valence-corrected chi connectivity index (χ2v) is 5.22. The van der Waals surface area contributed by atoms with Gasteiger partial charge in [-0.25, -0.2) is 0 Å². The monoisotopic (exact) mass is 257 g/mol. The number of benzene rings is 1. The van der Waals surface area contributed by atoms with Gasteiger partial charge in [-0.3, -0.25) is 4.68 Å². The molecule has 0 spiro atoms. The van der Waals surface area contributed by atoms with Crippen molar-refractivity contribution < 1.29 is 0 Å². The minimum atomic E-state index is 0.529. The van der Waals surface area contributed by atoms with Gasteiger partial charge in [0, 0.05) is 12.7 Å². The third kappa shape index (κ3) is 3.22. The highest BCUT2D eigenvalue weighted by Crippen LogP contribution is 2.25. The highest BCUT2D eigenvalue weighted by Gasteiger charge is 2.13. The van der Waals surface area contributed by atoms with Gasteiger partial charge in [-0.2, -0.15) is 0 Å². The predicted molar refractivity (Wildman–Crippen MR) is 78.3 cm³/mol. The number of aromatic nitrogens is 3. The zero-order valence-corrected chi connectivity index (χ0v) is 12.3. The van der Waals surface area contributed by atoms with E-state index in [0.717, 1.165) is 25.1 Å².